The van der Waals surface area contributed by atoms with Crippen LogP contribution in [0, 0.1) is 0 Å². The number of hydrogen-bond donors (Lipinski definition) is 0. The number of rotatable bonds is 4. The Kier molecular flexibility index (Phi) is 5.91. The van der Waals surface area contributed by atoms with E-state index in [0.29, 0.717) is 0 Å². The zero-order chi connectivity index (χ0) is 32.9. The van der Waals surface area contributed by atoms with Gasteiger partial charge in [-0.2, -0.15) is 0 Å². The monoisotopic (exact) mass is 625 g/mol. The van der Waals surface area contributed by atoms with Crippen molar-refractivity contribution < 1.29 is 0 Å². The minimum absolute atomic E-state index is 0.00110. The topological polar surface area (TPSA) is 4.93 Å². The van der Waals surface area contributed by atoms with Crippen molar-refractivity contribution in [2.75, 3.05) is 0 Å². The predicted octanol–water partition coefficient (Wildman–Crippen LogP) is 12.9. The van der Waals surface area contributed by atoms with Crippen LogP contribution in [0.5, 0.6) is 0 Å². The second kappa shape index (κ2) is 10.3. The number of aromatic nitrogens is 1. The molecule has 0 N–H and O–H groups in total. The Bertz CT molecular complexity index is 2810. The molecule has 0 aliphatic heterocycles. The highest BCUT2D eigenvalue weighted by Crippen LogP contribution is 2.50. The molecule has 0 radical (unpaired) electrons. The van der Waals surface area contributed by atoms with E-state index < -0.39 is 0 Å². The van der Waals surface area contributed by atoms with Gasteiger partial charge in [0, 0.05) is 21.9 Å². The Hall–Kier alpha value is -5.92. The first-order valence-corrected chi connectivity index (χ1v) is 17.3. The molecule has 0 saturated carbocycles. The van der Waals surface area contributed by atoms with Gasteiger partial charge in [0.15, 0.2) is 0 Å². The van der Waals surface area contributed by atoms with Crippen LogP contribution in [0.1, 0.15) is 30.5 Å². The molecule has 0 saturated heterocycles. The Labute approximate surface area is 286 Å². The maximum Gasteiger partial charge on any atom is 0.0543 e. The molecule has 49 heavy (non-hydrogen) atoms. The van der Waals surface area contributed by atoms with Crippen LogP contribution in [-0.4, -0.2) is 4.57 Å². The van der Waals surface area contributed by atoms with Crippen LogP contribution in [0.15, 0.2) is 158 Å². The van der Waals surface area contributed by atoms with Gasteiger partial charge >= 0.3 is 0 Å². The summed E-state index contributed by atoms with van der Waals surface area (Å²) in [7, 11) is 0. The molecule has 1 aromatic heterocycles. The van der Waals surface area contributed by atoms with Crippen molar-refractivity contribution in [3.8, 4) is 27.9 Å². The molecule has 1 heterocycles. The summed E-state index contributed by atoms with van der Waals surface area (Å²) in [6, 6.07) is 54.4. The number of nitrogens with zero attached hydrogens (tertiary/aromatic N) is 1. The summed E-state index contributed by atoms with van der Waals surface area (Å²) in [5, 5.41) is 10.3. The Morgan fingerprint density at radius 3 is 1.90 bits per heavy atom. The summed E-state index contributed by atoms with van der Waals surface area (Å²) in [5.41, 5.74) is 12.9. The van der Waals surface area contributed by atoms with Gasteiger partial charge < -0.3 is 4.57 Å². The predicted molar refractivity (Wildman–Crippen MR) is 210 cm³/mol. The molecule has 0 fully saturated rings. The molecule has 232 valence electrons. The largest absolute Gasteiger partial charge is 0.309 e. The van der Waals surface area contributed by atoms with Gasteiger partial charge in [-0.05, 0) is 114 Å². The Balaban J connectivity index is 1.22. The summed E-state index contributed by atoms with van der Waals surface area (Å²) in [6.45, 7) is 8.81. The van der Waals surface area contributed by atoms with Gasteiger partial charge in [0.2, 0.25) is 0 Å². The minimum Gasteiger partial charge on any atom is -0.309 e. The highest BCUT2D eigenvalue weighted by atomic mass is 15.0. The number of allylic oxidation sites excluding steroid dienone is 1. The van der Waals surface area contributed by atoms with Crippen LogP contribution in [0.2, 0.25) is 0 Å². The van der Waals surface area contributed by atoms with Gasteiger partial charge in [0.05, 0.1) is 11.0 Å². The third-order valence-electron chi connectivity index (χ3n) is 11.1. The van der Waals surface area contributed by atoms with Gasteiger partial charge in [0.25, 0.3) is 0 Å². The average molecular weight is 626 g/mol. The van der Waals surface area contributed by atoms with Crippen molar-refractivity contribution in [3.63, 3.8) is 0 Å². The molecule has 10 rings (SSSR count). The van der Waals surface area contributed by atoms with E-state index in [2.05, 4.69) is 171 Å². The van der Waals surface area contributed by atoms with E-state index in [4.69, 9.17) is 0 Å². The molecule has 1 nitrogen and oxygen atoms in total. The van der Waals surface area contributed by atoms with Crippen LogP contribution in [0.3, 0.4) is 0 Å². The molecule has 0 atom stereocenters. The van der Waals surface area contributed by atoms with Gasteiger partial charge in [0.1, 0.15) is 0 Å². The fraction of sp³-hybridized carbons (Fsp3) is 0.0833. The third kappa shape index (κ3) is 3.93. The van der Waals surface area contributed by atoms with Crippen molar-refractivity contribution >= 4 is 54.1 Å². The fourth-order valence-electron chi connectivity index (χ4n) is 8.86. The van der Waals surface area contributed by atoms with Crippen LogP contribution in [-0.2, 0) is 11.8 Å². The first kappa shape index (κ1) is 28.1. The summed E-state index contributed by atoms with van der Waals surface area (Å²) in [4.78, 5) is 0. The van der Waals surface area contributed by atoms with Gasteiger partial charge in [-0.15, -0.1) is 6.58 Å². The molecule has 1 heteroatoms. The Morgan fingerprint density at radius 1 is 0.510 bits per heavy atom. The summed E-state index contributed by atoms with van der Waals surface area (Å²) in [6.07, 6.45) is 2.84. The Morgan fingerprint density at radius 2 is 1.14 bits per heavy atom. The number of fused-ring (bicyclic) bond motifs is 12. The molecule has 9 aromatic rings. The normalized spacial score (nSPS) is 13.4. The van der Waals surface area contributed by atoms with E-state index in [1.807, 2.05) is 6.08 Å². The van der Waals surface area contributed by atoms with E-state index >= 15 is 0 Å². The van der Waals surface area contributed by atoms with Crippen molar-refractivity contribution in [2.24, 2.45) is 0 Å². The van der Waals surface area contributed by atoms with E-state index in [1.54, 1.807) is 0 Å². The second-order valence-corrected chi connectivity index (χ2v) is 14.1. The molecule has 0 unspecified atom stereocenters. The van der Waals surface area contributed by atoms with Crippen LogP contribution < -0.4 is 0 Å². The van der Waals surface area contributed by atoms with Gasteiger partial charge in [-0.25, -0.2) is 0 Å². The molecule has 1 aliphatic rings. The highest BCUT2D eigenvalue weighted by molar-refractivity contribution is 6.25. The molecule has 8 aromatic carbocycles. The molecular weight excluding hydrogens is 591 g/mol. The van der Waals surface area contributed by atoms with E-state index in [9.17, 15) is 0 Å². The van der Waals surface area contributed by atoms with Crippen molar-refractivity contribution in [1.29, 1.82) is 0 Å². The van der Waals surface area contributed by atoms with Crippen molar-refractivity contribution in [1.82, 2.24) is 4.57 Å². The first-order chi connectivity index (χ1) is 24.0. The molecule has 1 aliphatic carbocycles. The maximum absolute atomic E-state index is 4.12. The quantitative estimate of drug-likeness (QED) is 0.135. The smallest absolute Gasteiger partial charge is 0.0543 e. The van der Waals surface area contributed by atoms with E-state index in [0.717, 1.165) is 6.42 Å². The first-order valence-electron chi connectivity index (χ1n) is 17.3. The lowest BCUT2D eigenvalue weighted by atomic mass is 9.82. The minimum atomic E-state index is -0.00110. The van der Waals surface area contributed by atoms with Gasteiger partial charge in [-0.3, -0.25) is 0 Å². The SMILES string of the molecule is C=CCc1cccc2c1c1cc(-c3ccc4c(c3)-c3ccccc3C4(C)C)ccc1n2-c1ccc2c3ccccc3c3ccccc3c2c1. The molecule has 0 bridgehead atoms. The lowest BCUT2D eigenvalue weighted by Gasteiger charge is -2.21. The molecular formula is C48H35N. The van der Waals surface area contributed by atoms with Gasteiger partial charge in [-0.1, -0.05) is 129 Å². The average Bonchev–Trinajstić information content (AvgIpc) is 3.60. The maximum atomic E-state index is 4.12. The van der Waals surface area contributed by atoms with Crippen molar-refractivity contribution in [3.05, 3.63) is 175 Å². The second-order valence-electron chi connectivity index (χ2n) is 14.1. The highest BCUT2D eigenvalue weighted by Gasteiger charge is 2.35. The summed E-state index contributed by atoms with van der Waals surface area (Å²) >= 11 is 0. The standard InChI is InChI=1S/C48H35N/c1-4-12-30-13-11-20-46-47(30)42-28-32(31-21-25-44-41(27-31)39-18-9-10-19-43(39)48(44,2)3)22-26-45(42)49(46)33-23-24-38-36-16-6-5-14-34(36)35-15-7-8-17-37(35)40(38)29-33/h4-11,13-29H,1,12H2,2-3H3. The lowest BCUT2D eigenvalue weighted by molar-refractivity contribution is 0.660. The van der Waals surface area contributed by atoms with E-state index in [-0.39, 0.29) is 5.41 Å². The zero-order valence-electron chi connectivity index (χ0n) is 27.8. The van der Waals surface area contributed by atoms with Crippen LogP contribution in [0.25, 0.3) is 82.1 Å². The third-order valence-corrected chi connectivity index (χ3v) is 11.1. The lowest BCUT2D eigenvalue weighted by Crippen LogP contribution is -2.14. The van der Waals surface area contributed by atoms with E-state index in [1.165, 1.54) is 98.8 Å². The van der Waals surface area contributed by atoms with Crippen LogP contribution >= 0.6 is 0 Å². The van der Waals surface area contributed by atoms with Crippen LogP contribution in [0.4, 0.5) is 0 Å². The summed E-state index contributed by atoms with van der Waals surface area (Å²) in [5.74, 6) is 0. The van der Waals surface area contributed by atoms with Crippen molar-refractivity contribution in [2.45, 2.75) is 25.7 Å². The number of benzene rings is 8. The molecule has 0 spiro atoms. The fourth-order valence-corrected chi connectivity index (χ4v) is 8.86. The zero-order valence-corrected chi connectivity index (χ0v) is 27.8. The summed E-state index contributed by atoms with van der Waals surface area (Å²) < 4.78 is 2.46. The number of hydrogen-bond acceptors (Lipinski definition) is 0. The molecule has 0 amide bonds.